The third-order valence-corrected chi connectivity index (χ3v) is 3.08. The van der Waals surface area contributed by atoms with Gasteiger partial charge in [-0.2, -0.15) is 5.10 Å². The maximum atomic E-state index is 4.50. The number of benzene rings is 2. The Morgan fingerprint density at radius 2 is 1.59 bits per heavy atom. The number of hydrogen-bond donors (Lipinski definition) is 1. The van der Waals surface area contributed by atoms with E-state index in [4.69, 9.17) is 0 Å². The van der Waals surface area contributed by atoms with Gasteiger partial charge in [0.2, 0.25) is 0 Å². The van der Waals surface area contributed by atoms with Gasteiger partial charge in [-0.05, 0) is 12.5 Å². The summed E-state index contributed by atoms with van der Waals surface area (Å²) in [5.74, 6) is 1.37. The van der Waals surface area contributed by atoms with E-state index in [0.29, 0.717) is 11.6 Å². The minimum absolute atomic E-state index is 0.679. The van der Waals surface area contributed by atoms with Crippen molar-refractivity contribution >= 4 is 12.0 Å². The first kappa shape index (κ1) is 13.9. The molecule has 0 aliphatic carbocycles. The zero-order valence-corrected chi connectivity index (χ0v) is 12.3. The molecule has 4 heteroatoms. The van der Waals surface area contributed by atoms with Gasteiger partial charge < -0.3 is 0 Å². The van der Waals surface area contributed by atoms with Crippen LogP contribution < -0.4 is 5.43 Å². The lowest BCUT2D eigenvalue weighted by atomic mass is 10.2. The lowest BCUT2D eigenvalue weighted by molar-refractivity contribution is 1.10. The normalized spacial score (nSPS) is 10.8. The van der Waals surface area contributed by atoms with Crippen molar-refractivity contribution in [1.29, 1.82) is 0 Å². The quantitative estimate of drug-likeness (QED) is 0.585. The highest BCUT2D eigenvalue weighted by atomic mass is 15.3. The van der Waals surface area contributed by atoms with E-state index < -0.39 is 0 Å². The van der Waals surface area contributed by atoms with Crippen LogP contribution in [0.2, 0.25) is 0 Å². The molecule has 2 aromatic carbocycles. The smallest absolute Gasteiger partial charge is 0.161 e. The average molecular weight is 288 g/mol. The Labute approximate surface area is 129 Å². The molecule has 0 fully saturated rings. The summed E-state index contributed by atoms with van der Waals surface area (Å²) >= 11 is 0. The molecular formula is C18H16N4. The largest absolute Gasteiger partial charge is 0.261 e. The lowest BCUT2D eigenvalue weighted by Crippen LogP contribution is -1.99. The first-order chi connectivity index (χ1) is 10.8. The second-order valence-corrected chi connectivity index (χ2v) is 4.86. The summed E-state index contributed by atoms with van der Waals surface area (Å²) in [6, 6.07) is 21.7. The molecular weight excluding hydrogens is 272 g/mol. The van der Waals surface area contributed by atoms with Gasteiger partial charge in [-0.25, -0.2) is 9.97 Å². The molecule has 22 heavy (non-hydrogen) atoms. The Morgan fingerprint density at radius 1 is 0.909 bits per heavy atom. The summed E-state index contributed by atoms with van der Waals surface area (Å²) < 4.78 is 0. The molecule has 0 aliphatic rings. The Balaban J connectivity index is 1.80. The third-order valence-electron chi connectivity index (χ3n) is 3.08. The van der Waals surface area contributed by atoms with E-state index in [0.717, 1.165) is 16.8 Å². The molecule has 0 spiro atoms. The number of nitrogens with one attached hydrogen (secondary N) is 1. The predicted octanol–water partition coefficient (Wildman–Crippen LogP) is 3.90. The third kappa shape index (κ3) is 3.55. The van der Waals surface area contributed by atoms with Crippen molar-refractivity contribution in [3.8, 4) is 11.4 Å². The highest BCUT2D eigenvalue weighted by Crippen LogP contribution is 2.17. The second-order valence-electron chi connectivity index (χ2n) is 4.86. The Morgan fingerprint density at radius 3 is 2.32 bits per heavy atom. The number of hydrazone groups is 1. The molecule has 1 aromatic heterocycles. The average Bonchev–Trinajstić information content (AvgIpc) is 2.56. The SMILES string of the molecule is Cc1cc(NN=Cc2ccccc2)nc(-c2ccccc2)n1. The summed E-state index contributed by atoms with van der Waals surface area (Å²) in [5.41, 5.74) is 5.88. The molecule has 0 saturated carbocycles. The van der Waals surface area contributed by atoms with Crippen molar-refractivity contribution in [2.24, 2.45) is 5.10 Å². The van der Waals surface area contributed by atoms with Gasteiger partial charge in [0, 0.05) is 17.3 Å². The predicted molar refractivity (Wildman–Crippen MR) is 89.9 cm³/mol. The Hall–Kier alpha value is -3.01. The molecule has 0 saturated heterocycles. The Kier molecular flexibility index (Phi) is 4.20. The van der Waals surface area contributed by atoms with Crippen LogP contribution in [0.1, 0.15) is 11.3 Å². The molecule has 0 atom stereocenters. The molecule has 3 aromatic rings. The van der Waals surface area contributed by atoms with Crippen molar-refractivity contribution < 1.29 is 0 Å². The fourth-order valence-electron chi connectivity index (χ4n) is 2.05. The molecule has 4 nitrogen and oxygen atoms in total. The minimum atomic E-state index is 0.679. The fourth-order valence-corrected chi connectivity index (χ4v) is 2.05. The number of hydrogen-bond acceptors (Lipinski definition) is 4. The second kappa shape index (κ2) is 6.63. The van der Waals surface area contributed by atoms with Gasteiger partial charge in [0.25, 0.3) is 0 Å². The van der Waals surface area contributed by atoms with Crippen LogP contribution in [0.3, 0.4) is 0 Å². The molecule has 0 unspecified atom stereocenters. The molecule has 0 bridgehead atoms. The zero-order chi connectivity index (χ0) is 15.2. The van der Waals surface area contributed by atoms with Crippen molar-refractivity contribution in [3.05, 3.63) is 78.0 Å². The van der Waals surface area contributed by atoms with Crippen LogP contribution in [0.25, 0.3) is 11.4 Å². The zero-order valence-electron chi connectivity index (χ0n) is 12.3. The van der Waals surface area contributed by atoms with Gasteiger partial charge in [-0.15, -0.1) is 0 Å². The van der Waals surface area contributed by atoms with Gasteiger partial charge in [0.15, 0.2) is 11.6 Å². The molecule has 1 N–H and O–H groups in total. The summed E-state index contributed by atoms with van der Waals surface area (Å²) in [5, 5.41) is 4.22. The summed E-state index contributed by atoms with van der Waals surface area (Å²) in [6.07, 6.45) is 1.76. The van der Waals surface area contributed by atoms with Gasteiger partial charge in [-0.1, -0.05) is 60.7 Å². The van der Waals surface area contributed by atoms with Crippen LogP contribution in [0.15, 0.2) is 71.8 Å². The standard InChI is InChI=1S/C18H16N4/c1-14-12-17(22-19-13-15-8-4-2-5-9-15)21-18(20-14)16-10-6-3-7-11-16/h2-13H,1H3,(H,20,21,22). The van der Waals surface area contributed by atoms with Gasteiger partial charge in [0.05, 0.1) is 6.21 Å². The van der Waals surface area contributed by atoms with Crippen LogP contribution in [0.4, 0.5) is 5.82 Å². The van der Waals surface area contributed by atoms with E-state index in [1.807, 2.05) is 73.7 Å². The molecule has 108 valence electrons. The van der Waals surface area contributed by atoms with E-state index in [2.05, 4.69) is 20.5 Å². The first-order valence-electron chi connectivity index (χ1n) is 7.06. The Bertz CT molecular complexity index is 768. The minimum Gasteiger partial charge on any atom is -0.261 e. The number of aromatic nitrogens is 2. The molecule has 0 amide bonds. The topological polar surface area (TPSA) is 50.2 Å². The fraction of sp³-hybridized carbons (Fsp3) is 0.0556. The van der Waals surface area contributed by atoms with Gasteiger partial charge >= 0.3 is 0 Å². The molecule has 3 rings (SSSR count). The number of rotatable bonds is 4. The van der Waals surface area contributed by atoms with E-state index in [9.17, 15) is 0 Å². The van der Waals surface area contributed by atoms with E-state index >= 15 is 0 Å². The van der Waals surface area contributed by atoms with Crippen molar-refractivity contribution in [1.82, 2.24) is 9.97 Å². The van der Waals surface area contributed by atoms with Crippen LogP contribution >= 0.6 is 0 Å². The van der Waals surface area contributed by atoms with Crippen molar-refractivity contribution in [2.45, 2.75) is 6.92 Å². The summed E-state index contributed by atoms with van der Waals surface area (Å²) in [4.78, 5) is 8.97. The van der Waals surface area contributed by atoms with Crippen molar-refractivity contribution in [3.63, 3.8) is 0 Å². The van der Waals surface area contributed by atoms with E-state index in [-0.39, 0.29) is 0 Å². The summed E-state index contributed by atoms with van der Waals surface area (Å²) in [7, 11) is 0. The van der Waals surface area contributed by atoms with Crippen LogP contribution in [-0.4, -0.2) is 16.2 Å². The monoisotopic (exact) mass is 288 g/mol. The lowest BCUT2D eigenvalue weighted by Gasteiger charge is -2.05. The number of nitrogens with zero attached hydrogens (tertiary/aromatic N) is 3. The summed E-state index contributed by atoms with van der Waals surface area (Å²) in [6.45, 7) is 1.94. The molecule has 0 aliphatic heterocycles. The van der Waals surface area contributed by atoms with E-state index in [1.54, 1.807) is 6.21 Å². The van der Waals surface area contributed by atoms with Crippen LogP contribution in [0, 0.1) is 6.92 Å². The van der Waals surface area contributed by atoms with Crippen molar-refractivity contribution in [2.75, 3.05) is 5.43 Å². The van der Waals surface area contributed by atoms with Gasteiger partial charge in [-0.3, -0.25) is 5.43 Å². The maximum Gasteiger partial charge on any atom is 0.161 e. The molecule has 0 radical (unpaired) electrons. The first-order valence-corrected chi connectivity index (χ1v) is 7.06. The van der Waals surface area contributed by atoms with Gasteiger partial charge in [0.1, 0.15) is 0 Å². The maximum absolute atomic E-state index is 4.50. The van der Waals surface area contributed by atoms with Crippen LogP contribution in [0.5, 0.6) is 0 Å². The highest BCUT2D eigenvalue weighted by molar-refractivity contribution is 5.79. The van der Waals surface area contributed by atoms with E-state index in [1.165, 1.54) is 0 Å². The highest BCUT2D eigenvalue weighted by Gasteiger charge is 2.03. The number of aryl methyl sites for hydroxylation is 1. The number of anilines is 1. The van der Waals surface area contributed by atoms with Crippen LogP contribution in [-0.2, 0) is 0 Å². The molecule has 1 heterocycles.